The first-order valence-corrected chi connectivity index (χ1v) is 7.44. The Balaban J connectivity index is 2.32. The highest BCUT2D eigenvalue weighted by Crippen LogP contribution is 2.08. The molecule has 0 saturated carbocycles. The summed E-state index contributed by atoms with van der Waals surface area (Å²) in [7, 11) is -3.38. The van der Waals surface area contributed by atoms with E-state index in [0.29, 0.717) is 6.54 Å². The van der Waals surface area contributed by atoms with Crippen LogP contribution in [0.5, 0.6) is 0 Å². The third kappa shape index (κ3) is 6.78. The molecule has 0 radical (unpaired) electrons. The first kappa shape index (κ1) is 14.6. The predicted molar refractivity (Wildman–Crippen MR) is 70.0 cm³/mol. The van der Waals surface area contributed by atoms with Crippen molar-refractivity contribution in [1.29, 1.82) is 0 Å². The molecule has 1 heterocycles. The lowest BCUT2D eigenvalue weighted by Gasteiger charge is -2.21. The van der Waals surface area contributed by atoms with E-state index in [1.165, 1.54) is 5.57 Å². The summed E-state index contributed by atoms with van der Waals surface area (Å²) in [5.74, 6) is 0. The van der Waals surface area contributed by atoms with Gasteiger partial charge in [-0.2, -0.15) is 13.1 Å². The van der Waals surface area contributed by atoms with Gasteiger partial charge in [0.2, 0.25) is 0 Å². The van der Waals surface area contributed by atoms with Crippen molar-refractivity contribution in [2.75, 3.05) is 19.6 Å². The highest BCUT2D eigenvalue weighted by molar-refractivity contribution is 7.87. The van der Waals surface area contributed by atoms with Gasteiger partial charge in [-0.3, -0.25) is 0 Å². The molecule has 1 aliphatic rings. The molecular formula is C11H23N3O2S. The molecule has 0 atom stereocenters. The van der Waals surface area contributed by atoms with E-state index in [-0.39, 0.29) is 0 Å². The lowest BCUT2D eigenvalue weighted by Crippen LogP contribution is -2.47. The highest BCUT2D eigenvalue weighted by Gasteiger charge is 2.19. The lowest BCUT2D eigenvalue weighted by molar-refractivity contribution is 0.483. The van der Waals surface area contributed by atoms with E-state index in [1.54, 1.807) is 0 Å². The Labute approximate surface area is 104 Å². The van der Waals surface area contributed by atoms with Gasteiger partial charge in [-0.1, -0.05) is 11.6 Å². The van der Waals surface area contributed by atoms with Crippen LogP contribution in [0.25, 0.3) is 0 Å². The van der Waals surface area contributed by atoms with Gasteiger partial charge in [0.15, 0.2) is 0 Å². The summed E-state index contributed by atoms with van der Waals surface area (Å²) in [6.45, 7) is 7.79. The monoisotopic (exact) mass is 261 g/mol. The fourth-order valence-electron chi connectivity index (χ4n) is 1.68. The standard InChI is InChI=1S/C11H23N3O2S/c1-11(2,3)14-17(15,16)13-9-6-10-4-7-12-8-5-10/h4,12-14H,5-9H2,1-3H3. The molecule has 0 bridgehead atoms. The van der Waals surface area contributed by atoms with Gasteiger partial charge in [0.05, 0.1) is 0 Å². The Morgan fingerprint density at radius 2 is 2.12 bits per heavy atom. The molecule has 1 rings (SSSR count). The minimum absolute atomic E-state index is 0.445. The van der Waals surface area contributed by atoms with E-state index in [9.17, 15) is 8.42 Å². The second-order valence-electron chi connectivity index (χ2n) is 5.32. The normalized spacial score (nSPS) is 17.9. The smallest absolute Gasteiger partial charge is 0.277 e. The zero-order valence-corrected chi connectivity index (χ0v) is 11.7. The zero-order valence-electron chi connectivity index (χ0n) is 10.8. The van der Waals surface area contributed by atoms with Gasteiger partial charge in [0.1, 0.15) is 0 Å². The molecule has 17 heavy (non-hydrogen) atoms. The van der Waals surface area contributed by atoms with E-state index < -0.39 is 15.7 Å². The number of rotatable bonds is 5. The van der Waals surface area contributed by atoms with Crippen molar-refractivity contribution in [2.24, 2.45) is 0 Å². The summed E-state index contributed by atoms with van der Waals surface area (Å²) >= 11 is 0. The number of hydrogen-bond acceptors (Lipinski definition) is 3. The van der Waals surface area contributed by atoms with E-state index in [0.717, 1.165) is 25.9 Å². The molecule has 0 aliphatic carbocycles. The molecule has 0 fully saturated rings. The van der Waals surface area contributed by atoms with Crippen molar-refractivity contribution >= 4 is 10.2 Å². The van der Waals surface area contributed by atoms with Gasteiger partial charge in [-0.05, 0) is 40.2 Å². The summed E-state index contributed by atoms with van der Waals surface area (Å²) in [6.07, 6.45) is 3.93. The molecule has 3 N–H and O–H groups in total. The summed E-state index contributed by atoms with van der Waals surface area (Å²) in [6, 6.07) is 0. The van der Waals surface area contributed by atoms with E-state index in [1.807, 2.05) is 20.8 Å². The summed E-state index contributed by atoms with van der Waals surface area (Å²) < 4.78 is 28.4. The second-order valence-corrected chi connectivity index (χ2v) is 6.82. The van der Waals surface area contributed by atoms with E-state index in [4.69, 9.17) is 0 Å². The van der Waals surface area contributed by atoms with Crippen molar-refractivity contribution in [3.63, 3.8) is 0 Å². The molecule has 6 heteroatoms. The van der Waals surface area contributed by atoms with Crippen LogP contribution >= 0.6 is 0 Å². The Morgan fingerprint density at radius 3 is 2.65 bits per heavy atom. The Hall–Kier alpha value is -0.430. The maximum absolute atomic E-state index is 11.6. The summed E-state index contributed by atoms with van der Waals surface area (Å²) in [5, 5.41) is 3.23. The molecular weight excluding hydrogens is 238 g/mol. The average Bonchev–Trinajstić information content (AvgIpc) is 2.15. The molecule has 1 aliphatic heterocycles. The van der Waals surface area contributed by atoms with Gasteiger partial charge in [-0.25, -0.2) is 4.72 Å². The molecule has 0 amide bonds. The van der Waals surface area contributed by atoms with E-state index in [2.05, 4.69) is 20.8 Å². The Morgan fingerprint density at radius 1 is 1.41 bits per heavy atom. The van der Waals surface area contributed by atoms with Crippen LogP contribution in [0.4, 0.5) is 0 Å². The summed E-state index contributed by atoms with van der Waals surface area (Å²) in [5.41, 5.74) is 0.877. The minimum Gasteiger partial charge on any atom is -0.313 e. The van der Waals surface area contributed by atoms with Crippen molar-refractivity contribution in [1.82, 2.24) is 14.8 Å². The fraction of sp³-hybridized carbons (Fsp3) is 0.818. The Bertz CT molecular complexity index is 369. The molecule has 0 aromatic rings. The second kappa shape index (κ2) is 5.95. The van der Waals surface area contributed by atoms with Crippen molar-refractivity contribution in [3.05, 3.63) is 11.6 Å². The van der Waals surface area contributed by atoms with Gasteiger partial charge in [-0.15, -0.1) is 0 Å². The van der Waals surface area contributed by atoms with Crippen LogP contribution in [0.1, 0.15) is 33.6 Å². The van der Waals surface area contributed by atoms with Crippen LogP contribution in [0.2, 0.25) is 0 Å². The quantitative estimate of drug-likeness (QED) is 0.632. The zero-order chi connectivity index (χ0) is 12.9. The van der Waals surface area contributed by atoms with Gasteiger partial charge >= 0.3 is 0 Å². The van der Waals surface area contributed by atoms with Crippen molar-refractivity contribution < 1.29 is 8.42 Å². The highest BCUT2D eigenvalue weighted by atomic mass is 32.2. The first-order chi connectivity index (χ1) is 7.79. The van der Waals surface area contributed by atoms with Crippen LogP contribution in [0.15, 0.2) is 11.6 Å². The molecule has 5 nitrogen and oxygen atoms in total. The van der Waals surface area contributed by atoms with Crippen LogP contribution < -0.4 is 14.8 Å². The molecule has 0 spiro atoms. The van der Waals surface area contributed by atoms with Crippen LogP contribution in [0, 0.1) is 0 Å². The predicted octanol–water partition coefficient (Wildman–Crippen LogP) is 0.519. The molecule has 0 saturated heterocycles. The first-order valence-electron chi connectivity index (χ1n) is 5.96. The molecule has 0 aromatic heterocycles. The van der Waals surface area contributed by atoms with Crippen molar-refractivity contribution in [3.8, 4) is 0 Å². The Kier molecular flexibility index (Phi) is 5.12. The number of nitrogens with one attached hydrogen (secondary N) is 3. The maximum Gasteiger partial charge on any atom is 0.277 e. The van der Waals surface area contributed by atoms with Crippen molar-refractivity contribution in [2.45, 2.75) is 39.2 Å². The third-order valence-electron chi connectivity index (χ3n) is 2.34. The minimum atomic E-state index is -3.38. The van der Waals surface area contributed by atoms with Crippen LogP contribution in [-0.4, -0.2) is 33.6 Å². The largest absolute Gasteiger partial charge is 0.313 e. The van der Waals surface area contributed by atoms with Crippen LogP contribution in [-0.2, 0) is 10.2 Å². The van der Waals surface area contributed by atoms with E-state index >= 15 is 0 Å². The topological polar surface area (TPSA) is 70.2 Å². The summed E-state index contributed by atoms with van der Waals surface area (Å²) in [4.78, 5) is 0. The number of hydrogen-bond donors (Lipinski definition) is 3. The molecule has 100 valence electrons. The van der Waals surface area contributed by atoms with Gasteiger partial charge in [0, 0.05) is 18.6 Å². The fourth-order valence-corrected chi connectivity index (χ4v) is 2.93. The third-order valence-corrected chi connectivity index (χ3v) is 3.80. The van der Waals surface area contributed by atoms with Gasteiger partial charge < -0.3 is 5.32 Å². The maximum atomic E-state index is 11.6. The van der Waals surface area contributed by atoms with Gasteiger partial charge in [0.25, 0.3) is 10.2 Å². The lowest BCUT2D eigenvalue weighted by atomic mass is 10.1. The average molecular weight is 261 g/mol. The molecule has 0 unspecified atom stereocenters. The SMILES string of the molecule is CC(C)(C)NS(=O)(=O)NCCC1=CCNCC1. The molecule has 0 aromatic carbocycles. The van der Waals surface area contributed by atoms with Crippen LogP contribution in [0.3, 0.4) is 0 Å².